The number of halogens is 1. The van der Waals surface area contributed by atoms with E-state index in [4.69, 9.17) is 0 Å². The maximum atomic E-state index is 11.6. The highest BCUT2D eigenvalue weighted by Gasteiger charge is 2.20. The Morgan fingerprint density at radius 3 is 2.92 bits per heavy atom. The van der Waals surface area contributed by atoms with E-state index >= 15 is 0 Å². The molecule has 0 bridgehead atoms. The van der Waals surface area contributed by atoms with Gasteiger partial charge in [-0.2, -0.15) is 0 Å². The molecule has 1 aliphatic heterocycles. The summed E-state index contributed by atoms with van der Waals surface area (Å²) in [6.45, 7) is 1.77. The van der Waals surface area contributed by atoms with E-state index in [2.05, 4.69) is 26.6 Å². The first-order valence-corrected chi connectivity index (χ1v) is 5.69. The van der Waals surface area contributed by atoms with Crippen molar-refractivity contribution in [2.24, 2.45) is 0 Å². The molecule has 1 aromatic rings. The smallest absolute Gasteiger partial charge is 0.262 e. The summed E-state index contributed by atoms with van der Waals surface area (Å²) in [6, 6.07) is 2.19. The molecule has 0 unspecified atom stereocenters. The highest BCUT2D eigenvalue weighted by atomic mass is 79.9. The van der Waals surface area contributed by atoms with Gasteiger partial charge in [0.15, 0.2) is 0 Å². The van der Waals surface area contributed by atoms with Gasteiger partial charge in [0.05, 0.1) is 6.04 Å². The fourth-order valence-electron chi connectivity index (χ4n) is 1.10. The third-order valence-corrected chi connectivity index (χ3v) is 3.78. The van der Waals surface area contributed by atoms with Gasteiger partial charge in [-0.1, -0.05) is 0 Å². The molecule has 1 saturated heterocycles. The summed E-state index contributed by atoms with van der Waals surface area (Å²) in [5.41, 5.74) is 0. The quantitative estimate of drug-likeness (QED) is 0.840. The molecule has 1 aromatic heterocycles. The lowest BCUT2D eigenvalue weighted by Crippen LogP contribution is -2.56. The van der Waals surface area contributed by atoms with Crippen LogP contribution >= 0.6 is 27.3 Å². The zero-order valence-corrected chi connectivity index (χ0v) is 9.24. The Balaban J connectivity index is 2.00. The number of rotatable bonds is 2. The minimum atomic E-state index is 0.0216. The summed E-state index contributed by atoms with van der Waals surface area (Å²) < 4.78 is 0.877. The van der Waals surface area contributed by atoms with Gasteiger partial charge < -0.3 is 10.6 Å². The molecule has 0 aromatic carbocycles. The molecular formula is C8H9BrN2OS. The van der Waals surface area contributed by atoms with E-state index < -0.39 is 0 Å². The van der Waals surface area contributed by atoms with Gasteiger partial charge in [0.2, 0.25) is 0 Å². The van der Waals surface area contributed by atoms with E-state index in [9.17, 15) is 4.79 Å². The second-order valence-corrected chi connectivity index (χ2v) is 4.70. The predicted molar refractivity (Wildman–Crippen MR) is 56.1 cm³/mol. The molecule has 2 N–H and O–H groups in total. The van der Waals surface area contributed by atoms with Gasteiger partial charge in [0, 0.05) is 17.6 Å². The molecule has 1 fully saturated rings. The Bertz CT molecular complexity index is 322. The molecule has 3 nitrogen and oxygen atoms in total. The molecule has 0 spiro atoms. The van der Waals surface area contributed by atoms with Crippen molar-refractivity contribution in [3.63, 3.8) is 0 Å². The van der Waals surface area contributed by atoms with Gasteiger partial charge in [-0.3, -0.25) is 4.79 Å². The zero-order valence-electron chi connectivity index (χ0n) is 6.84. The van der Waals surface area contributed by atoms with Gasteiger partial charge >= 0.3 is 0 Å². The molecule has 1 amide bonds. The van der Waals surface area contributed by atoms with Crippen molar-refractivity contribution in [2.45, 2.75) is 6.04 Å². The van der Waals surface area contributed by atoms with E-state index in [-0.39, 0.29) is 5.91 Å². The third kappa shape index (κ3) is 1.92. The molecule has 1 aliphatic rings. The molecule has 0 radical (unpaired) electrons. The zero-order chi connectivity index (χ0) is 9.26. The second-order valence-electron chi connectivity index (χ2n) is 2.93. The second kappa shape index (κ2) is 3.77. The number of thiophene rings is 1. The fourth-order valence-corrected chi connectivity index (χ4v) is 2.55. The van der Waals surface area contributed by atoms with Crippen LogP contribution in [0.25, 0.3) is 0 Å². The average Bonchev–Trinajstić information content (AvgIpc) is 2.43. The first kappa shape index (κ1) is 9.18. The van der Waals surface area contributed by atoms with Crippen molar-refractivity contribution >= 4 is 33.2 Å². The molecule has 2 rings (SSSR count). The van der Waals surface area contributed by atoms with Crippen LogP contribution in [0.5, 0.6) is 0 Å². The van der Waals surface area contributed by atoms with Gasteiger partial charge in [0.25, 0.3) is 5.91 Å². The summed E-state index contributed by atoms with van der Waals surface area (Å²) in [5, 5.41) is 7.94. The molecule has 0 saturated carbocycles. The Morgan fingerprint density at radius 2 is 2.46 bits per heavy atom. The molecule has 5 heteroatoms. The highest BCUT2D eigenvalue weighted by Crippen LogP contribution is 2.22. The van der Waals surface area contributed by atoms with Crippen molar-refractivity contribution < 1.29 is 4.79 Å². The van der Waals surface area contributed by atoms with E-state index in [1.54, 1.807) is 0 Å². The normalized spacial score (nSPS) is 16.7. The van der Waals surface area contributed by atoms with Gasteiger partial charge in [-0.15, -0.1) is 11.3 Å². The number of carbonyl (C=O) groups is 1. The Morgan fingerprint density at radius 1 is 1.69 bits per heavy atom. The van der Waals surface area contributed by atoms with Gasteiger partial charge in [-0.05, 0) is 27.4 Å². The number of hydrogen-bond acceptors (Lipinski definition) is 3. The minimum absolute atomic E-state index is 0.0216. The summed E-state index contributed by atoms with van der Waals surface area (Å²) in [4.78, 5) is 12.3. The van der Waals surface area contributed by atoms with E-state index in [1.165, 1.54) is 11.3 Å². The van der Waals surface area contributed by atoms with Crippen LogP contribution in [0.2, 0.25) is 0 Å². The molecular weight excluding hydrogens is 252 g/mol. The topological polar surface area (TPSA) is 41.1 Å². The summed E-state index contributed by atoms with van der Waals surface area (Å²) in [5.74, 6) is 0.0216. The van der Waals surface area contributed by atoms with Crippen LogP contribution < -0.4 is 10.6 Å². The maximum absolute atomic E-state index is 11.6. The Labute approximate surface area is 88.7 Å². The average molecular weight is 261 g/mol. The molecule has 2 heterocycles. The molecule has 13 heavy (non-hydrogen) atoms. The van der Waals surface area contributed by atoms with Crippen LogP contribution in [0.4, 0.5) is 0 Å². The van der Waals surface area contributed by atoms with E-state index in [1.807, 2.05) is 11.4 Å². The van der Waals surface area contributed by atoms with Crippen LogP contribution in [0, 0.1) is 0 Å². The minimum Gasteiger partial charge on any atom is -0.346 e. The summed E-state index contributed by atoms with van der Waals surface area (Å²) in [6.07, 6.45) is 0. The lowest BCUT2D eigenvalue weighted by Gasteiger charge is -2.27. The number of hydrogen-bond donors (Lipinski definition) is 2. The Kier molecular flexibility index (Phi) is 2.66. The van der Waals surface area contributed by atoms with Crippen LogP contribution in [-0.4, -0.2) is 25.0 Å². The monoisotopic (exact) mass is 260 g/mol. The molecule has 0 atom stereocenters. The van der Waals surface area contributed by atoms with Gasteiger partial charge in [0.1, 0.15) is 4.88 Å². The molecule has 70 valence electrons. The highest BCUT2D eigenvalue weighted by molar-refractivity contribution is 9.10. The summed E-state index contributed by atoms with van der Waals surface area (Å²) >= 11 is 4.79. The standard InChI is InChI=1S/C8H9BrN2OS/c9-6-1-2-13-7(6)8(12)11-5-3-10-4-5/h1-2,5,10H,3-4H2,(H,11,12). The van der Waals surface area contributed by atoms with Crippen molar-refractivity contribution in [1.82, 2.24) is 10.6 Å². The van der Waals surface area contributed by atoms with Crippen molar-refractivity contribution in [1.29, 1.82) is 0 Å². The third-order valence-electron chi connectivity index (χ3n) is 1.94. The molecule has 0 aliphatic carbocycles. The van der Waals surface area contributed by atoms with Crippen molar-refractivity contribution in [3.8, 4) is 0 Å². The van der Waals surface area contributed by atoms with Crippen LogP contribution in [0.3, 0.4) is 0 Å². The predicted octanol–water partition coefficient (Wildman–Crippen LogP) is 1.21. The van der Waals surface area contributed by atoms with Crippen LogP contribution in [0.15, 0.2) is 15.9 Å². The lowest BCUT2D eigenvalue weighted by atomic mass is 10.2. The maximum Gasteiger partial charge on any atom is 0.262 e. The number of nitrogens with one attached hydrogen (secondary N) is 2. The lowest BCUT2D eigenvalue weighted by molar-refractivity contribution is 0.0927. The van der Waals surface area contributed by atoms with Crippen LogP contribution in [0.1, 0.15) is 9.67 Å². The first-order chi connectivity index (χ1) is 6.27. The number of carbonyl (C=O) groups excluding carboxylic acids is 1. The number of amides is 1. The van der Waals surface area contributed by atoms with E-state index in [0.717, 1.165) is 22.4 Å². The van der Waals surface area contributed by atoms with Crippen LogP contribution in [-0.2, 0) is 0 Å². The fraction of sp³-hybridized carbons (Fsp3) is 0.375. The van der Waals surface area contributed by atoms with E-state index in [0.29, 0.717) is 6.04 Å². The largest absolute Gasteiger partial charge is 0.346 e. The SMILES string of the molecule is O=C(NC1CNC1)c1sccc1Br. The summed E-state index contributed by atoms with van der Waals surface area (Å²) in [7, 11) is 0. The van der Waals surface area contributed by atoms with Crippen molar-refractivity contribution in [2.75, 3.05) is 13.1 Å². The Hall–Kier alpha value is -0.390. The van der Waals surface area contributed by atoms with Crippen molar-refractivity contribution in [3.05, 3.63) is 20.8 Å². The first-order valence-electron chi connectivity index (χ1n) is 4.02. The van der Waals surface area contributed by atoms with Gasteiger partial charge in [-0.25, -0.2) is 0 Å².